The van der Waals surface area contributed by atoms with Crippen LogP contribution in [0.3, 0.4) is 0 Å². The summed E-state index contributed by atoms with van der Waals surface area (Å²) in [6, 6.07) is 4.75. The first kappa shape index (κ1) is 15.9. The second kappa shape index (κ2) is 7.43. The summed E-state index contributed by atoms with van der Waals surface area (Å²) in [5.74, 6) is 0.657. The number of hydrogen-bond acceptors (Lipinski definition) is 4. The number of nitro benzene ring substituents is 1. The van der Waals surface area contributed by atoms with Crippen molar-refractivity contribution in [3.63, 3.8) is 0 Å². The molecular formula is C12H12Cl2N2O2S. The molecule has 0 bridgehead atoms. The van der Waals surface area contributed by atoms with E-state index < -0.39 is 4.92 Å². The predicted octanol–water partition coefficient (Wildman–Crippen LogP) is 4.53. The molecule has 19 heavy (non-hydrogen) atoms. The minimum absolute atomic E-state index is 0.0746. The SMILES string of the molecule is C/C(C=C(Cl)Cl)=C\CSc1ccc(N)c([N+](=O)[O-])c1. The lowest BCUT2D eigenvalue weighted by molar-refractivity contribution is -0.384. The van der Waals surface area contributed by atoms with E-state index in [2.05, 4.69) is 0 Å². The molecule has 0 fully saturated rings. The van der Waals surface area contributed by atoms with Crippen LogP contribution in [0.1, 0.15) is 6.92 Å². The molecule has 1 aromatic rings. The smallest absolute Gasteiger partial charge is 0.293 e. The van der Waals surface area contributed by atoms with Crippen molar-refractivity contribution in [2.45, 2.75) is 11.8 Å². The van der Waals surface area contributed by atoms with Crippen LogP contribution in [0.5, 0.6) is 0 Å². The Morgan fingerprint density at radius 3 is 2.79 bits per heavy atom. The third-order valence-electron chi connectivity index (χ3n) is 2.19. The Hall–Kier alpha value is -1.17. The van der Waals surface area contributed by atoms with Gasteiger partial charge in [0.2, 0.25) is 0 Å². The van der Waals surface area contributed by atoms with Gasteiger partial charge in [-0.2, -0.15) is 0 Å². The van der Waals surface area contributed by atoms with Crippen molar-refractivity contribution < 1.29 is 4.92 Å². The maximum Gasteiger partial charge on any atom is 0.293 e. The zero-order chi connectivity index (χ0) is 14.4. The van der Waals surface area contributed by atoms with E-state index in [0.717, 1.165) is 10.5 Å². The Bertz CT molecular complexity index is 541. The van der Waals surface area contributed by atoms with Gasteiger partial charge in [0.25, 0.3) is 5.69 Å². The van der Waals surface area contributed by atoms with Crippen molar-refractivity contribution in [3.8, 4) is 0 Å². The van der Waals surface area contributed by atoms with Crippen LogP contribution in [0.25, 0.3) is 0 Å². The van der Waals surface area contributed by atoms with Crippen LogP contribution in [0, 0.1) is 10.1 Å². The van der Waals surface area contributed by atoms with Gasteiger partial charge in [-0.1, -0.05) is 34.9 Å². The molecule has 0 aliphatic rings. The monoisotopic (exact) mass is 318 g/mol. The van der Waals surface area contributed by atoms with Gasteiger partial charge in [-0.05, 0) is 25.1 Å². The fraction of sp³-hybridized carbons (Fsp3) is 0.167. The van der Waals surface area contributed by atoms with Crippen LogP contribution in [-0.2, 0) is 0 Å². The Kier molecular flexibility index (Phi) is 6.21. The van der Waals surface area contributed by atoms with Crippen LogP contribution in [-0.4, -0.2) is 10.7 Å². The van der Waals surface area contributed by atoms with Gasteiger partial charge in [-0.15, -0.1) is 11.8 Å². The number of nitrogen functional groups attached to an aromatic ring is 1. The highest BCUT2D eigenvalue weighted by Crippen LogP contribution is 2.28. The third kappa shape index (κ3) is 5.55. The molecule has 0 aromatic heterocycles. The molecule has 102 valence electrons. The van der Waals surface area contributed by atoms with E-state index in [0.29, 0.717) is 5.75 Å². The number of thioether (sulfide) groups is 1. The lowest BCUT2D eigenvalue weighted by Crippen LogP contribution is -1.95. The summed E-state index contributed by atoms with van der Waals surface area (Å²) >= 11 is 12.5. The van der Waals surface area contributed by atoms with E-state index in [4.69, 9.17) is 28.9 Å². The molecule has 1 rings (SSSR count). The number of nitrogens with zero attached hydrogens (tertiary/aromatic N) is 1. The summed E-state index contributed by atoms with van der Waals surface area (Å²) in [6.45, 7) is 1.87. The van der Waals surface area contributed by atoms with Crippen LogP contribution in [0.15, 0.2) is 45.3 Å². The quantitative estimate of drug-likeness (QED) is 0.284. The molecule has 7 heteroatoms. The van der Waals surface area contributed by atoms with Gasteiger partial charge in [0, 0.05) is 16.7 Å². The highest BCUT2D eigenvalue weighted by atomic mass is 35.5. The van der Waals surface area contributed by atoms with Crippen molar-refractivity contribution in [1.29, 1.82) is 0 Å². The van der Waals surface area contributed by atoms with Crippen molar-refractivity contribution in [1.82, 2.24) is 0 Å². The van der Waals surface area contributed by atoms with Gasteiger partial charge >= 0.3 is 0 Å². The molecule has 4 nitrogen and oxygen atoms in total. The number of allylic oxidation sites excluding steroid dienone is 2. The number of nitrogens with two attached hydrogens (primary N) is 1. The molecule has 0 heterocycles. The minimum atomic E-state index is -0.490. The first-order valence-electron chi connectivity index (χ1n) is 5.26. The highest BCUT2D eigenvalue weighted by molar-refractivity contribution is 7.99. The molecule has 0 radical (unpaired) electrons. The molecule has 0 aliphatic carbocycles. The van der Waals surface area contributed by atoms with Crippen LogP contribution < -0.4 is 5.73 Å². The largest absolute Gasteiger partial charge is 0.393 e. The number of hydrogen-bond donors (Lipinski definition) is 1. The van der Waals surface area contributed by atoms with E-state index in [1.807, 2.05) is 13.0 Å². The van der Waals surface area contributed by atoms with Gasteiger partial charge in [-0.3, -0.25) is 10.1 Å². The Balaban J connectivity index is 2.72. The van der Waals surface area contributed by atoms with Crippen molar-refractivity contribution in [2.75, 3.05) is 11.5 Å². The molecule has 0 saturated carbocycles. The molecule has 0 spiro atoms. The topological polar surface area (TPSA) is 69.2 Å². The summed E-state index contributed by atoms with van der Waals surface area (Å²) in [5, 5.41) is 10.7. The molecular weight excluding hydrogens is 307 g/mol. The first-order chi connectivity index (χ1) is 8.90. The minimum Gasteiger partial charge on any atom is -0.393 e. The lowest BCUT2D eigenvalue weighted by Gasteiger charge is -2.01. The van der Waals surface area contributed by atoms with Crippen molar-refractivity contribution >= 4 is 46.3 Å². The standard InChI is InChI=1S/C12H12Cl2N2O2S/c1-8(6-12(13)14)4-5-19-9-2-3-10(15)11(7-9)16(17)18/h2-4,6-7H,5,15H2,1H3/b8-4+. The predicted molar refractivity (Wildman–Crippen MR) is 81.8 cm³/mol. The zero-order valence-corrected chi connectivity index (χ0v) is 12.4. The first-order valence-corrected chi connectivity index (χ1v) is 7.00. The highest BCUT2D eigenvalue weighted by Gasteiger charge is 2.11. The van der Waals surface area contributed by atoms with Gasteiger partial charge in [-0.25, -0.2) is 0 Å². The maximum atomic E-state index is 10.7. The number of halogens is 2. The average molecular weight is 319 g/mol. The summed E-state index contributed by atoms with van der Waals surface area (Å²) in [5.41, 5.74) is 6.54. The fourth-order valence-electron chi connectivity index (χ4n) is 1.27. The summed E-state index contributed by atoms with van der Waals surface area (Å²) < 4.78 is 0.196. The fourth-order valence-corrected chi connectivity index (χ4v) is 2.51. The average Bonchev–Trinajstić information content (AvgIpc) is 2.30. The number of rotatable bonds is 5. The van der Waals surface area contributed by atoms with Gasteiger partial charge in [0.1, 0.15) is 10.2 Å². The Morgan fingerprint density at radius 2 is 2.21 bits per heavy atom. The zero-order valence-electron chi connectivity index (χ0n) is 10.1. The van der Waals surface area contributed by atoms with Gasteiger partial charge < -0.3 is 5.73 Å². The molecule has 0 aliphatic heterocycles. The van der Waals surface area contributed by atoms with Crippen molar-refractivity contribution in [2.24, 2.45) is 0 Å². The number of anilines is 1. The van der Waals surface area contributed by atoms with Crippen LogP contribution in [0.2, 0.25) is 0 Å². The van der Waals surface area contributed by atoms with Crippen LogP contribution >= 0.6 is 35.0 Å². The second-order valence-electron chi connectivity index (χ2n) is 3.67. The summed E-state index contributed by atoms with van der Waals surface area (Å²) in [6.07, 6.45) is 3.56. The van der Waals surface area contributed by atoms with E-state index in [1.54, 1.807) is 12.1 Å². The number of nitro groups is 1. The van der Waals surface area contributed by atoms with Crippen molar-refractivity contribution in [3.05, 3.63) is 50.5 Å². The van der Waals surface area contributed by atoms with E-state index in [-0.39, 0.29) is 15.9 Å². The molecule has 0 saturated heterocycles. The third-order valence-corrected chi connectivity index (χ3v) is 3.33. The normalized spacial score (nSPS) is 11.2. The molecule has 2 N–H and O–H groups in total. The van der Waals surface area contributed by atoms with Gasteiger partial charge in [0.15, 0.2) is 0 Å². The molecule has 0 amide bonds. The lowest BCUT2D eigenvalue weighted by atomic mass is 10.3. The van der Waals surface area contributed by atoms with E-state index in [9.17, 15) is 10.1 Å². The molecule has 0 unspecified atom stereocenters. The van der Waals surface area contributed by atoms with E-state index >= 15 is 0 Å². The summed E-state index contributed by atoms with van der Waals surface area (Å²) in [7, 11) is 0. The van der Waals surface area contributed by atoms with Crippen LogP contribution in [0.4, 0.5) is 11.4 Å². The molecule has 1 aromatic carbocycles. The number of benzene rings is 1. The molecule has 0 atom stereocenters. The summed E-state index contributed by atoms with van der Waals surface area (Å²) in [4.78, 5) is 11.0. The van der Waals surface area contributed by atoms with Gasteiger partial charge in [0.05, 0.1) is 4.92 Å². The van der Waals surface area contributed by atoms with E-state index in [1.165, 1.54) is 23.9 Å². The second-order valence-corrected chi connectivity index (χ2v) is 5.77. The maximum absolute atomic E-state index is 10.7. The Morgan fingerprint density at radius 1 is 1.53 bits per heavy atom. The Labute approximate surface area is 125 Å².